The molecule has 2 aliphatic rings. The van der Waals surface area contributed by atoms with Gasteiger partial charge in [-0.2, -0.15) is 0 Å². The van der Waals surface area contributed by atoms with Crippen molar-refractivity contribution in [1.82, 2.24) is 10.2 Å². The summed E-state index contributed by atoms with van der Waals surface area (Å²) in [6, 6.07) is 8.88. The average Bonchev–Trinajstić information content (AvgIpc) is 2.61. The number of rotatable bonds is 1. The second kappa shape index (κ2) is 5.23. The highest BCUT2D eigenvalue weighted by atomic mass is 32.2. The van der Waals surface area contributed by atoms with Gasteiger partial charge < -0.3 is 5.32 Å². The molecular weight excluding hydrogens is 260 g/mol. The van der Waals surface area contributed by atoms with Crippen LogP contribution in [0, 0.1) is 0 Å². The molecular formula is C14H20N2O2S. The van der Waals surface area contributed by atoms with Crippen molar-refractivity contribution in [3.63, 3.8) is 0 Å². The minimum atomic E-state index is -2.80. The van der Waals surface area contributed by atoms with Gasteiger partial charge in [0.25, 0.3) is 0 Å². The van der Waals surface area contributed by atoms with Crippen molar-refractivity contribution >= 4 is 9.84 Å². The fourth-order valence-electron chi connectivity index (χ4n) is 3.06. The van der Waals surface area contributed by atoms with Gasteiger partial charge in [-0.25, -0.2) is 8.42 Å². The highest BCUT2D eigenvalue weighted by molar-refractivity contribution is 7.91. The van der Waals surface area contributed by atoms with Crippen molar-refractivity contribution in [2.45, 2.75) is 19.0 Å². The first-order valence-corrected chi connectivity index (χ1v) is 8.71. The molecule has 19 heavy (non-hydrogen) atoms. The molecule has 1 aromatic carbocycles. The Labute approximate surface area is 114 Å². The summed E-state index contributed by atoms with van der Waals surface area (Å²) >= 11 is 0. The Morgan fingerprint density at radius 2 is 1.89 bits per heavy atom. The first kappa shape index (κ1) is 13.1. The highest BCUT2D eigenvalue weighted by Gasteiger charge is 2.29. The number of hydrogen-bond donors (Lipinski definition) is 1. The number of hydrogen-bond acceptors (Lipinski definition) is 4. The first-order valence-electron chi connectivity index (χ1n) is 6.89. The quantitative estimate of drug-likeness (QED) is 0.832. The summed E-state index contributed by atoms with van der Waals surface area (Å²) in [5, 5.41) is 3.44. The van der Waals surface area contributed by atoms with E-state index in [0.29, 0.717) is 30.6 Å². The molecule has 1 atom stereocenters. The number of sulfone groups is 1. The van der Waals surface area contributed by atoms with Gasteiger partial charge in [0.2, 0.25) is 0 Å². The standard InChI is InChI=1S/C14H20N2O2S/c17-19(18)9-7-16(8-10-19)14-5-6-15-11-12-3-1-2-4-13(12)14/h1-4,14-15H,5-11H2. The fourth-order valence-corrected chi connectivity index (χ4v) is 4.28. The zero-order chi connectivity index (χ0) is 13.3. The second-order valence-corrected chi connectivity index (χ2v) is 7.67. The lowest BCUT2D eigenvalue weighted by Gasteiger charge is -2.34. The van der Waals surface area contributed by atoms with Crippen LogP contribution < -0.4 is 5.32 Å². The lowest BCUT2D eigenvalue weighted by molar-refractivity contribution is 0.205. The van der Waals surface area contributed by atoms with Crippen LogP contribution in [0.4, 0.5) is 0 Å². The topological polar surface area (TPSA) is 49.4 Å². The Hall–Kier alpha value is -0.910. The zero-order valence-corrected chi connectivity index (χ0v) is 11.8. The zero-order valence-electron chi connectivity index (χ0n) is 11.0. The molecule has 0 bridgehead atoms. The van der Waals surface area contributed by atoms with Gasteiger partial charge in [-0.15, -0.1) is 0 Å². The molecule has 0 spiro atoms. The predicted octanol–water partition coefficient (Wildman–Crippen LogP) is 0.951. The molecule has 1 fully saturated rings. The van der Waals surface area contributed by atoms with E-state index in [4.69, 9.17) is 0 Å². The van der Waals surface area contributed by atoms with Gasteiger partial charge in [0.05, 0.1) is 11.5 Å². The van der Waals surface area contributed by atoms with E-state index in [1.807, 2.05) is 0 Å². The Bertz CT molecular complexity index is 542. The van der Waals surface area contributed by atoms with Crippen LogP contribution in [0.1, 0.15) is 23.6 Å². The van der Waals surface area contributed by atoms with Gasteiger partial charge in [0, 0.05) is 25.7 Å². The van der Waals surface area contributed by atoms with Gasteiger partial charge in [0.1, 0.15) is 0 Å². The molecule has 0 radical (unpaired) electrons. The normalized spacial score (nSPS) is 27.5. The molecule has 0 saturated carbocycles. The van der Waals surface area contributed by atoms with Gasteiger partial charge in [-0.05, 0) is 24.1 Å². The molecule has 2 heterocycles. The van der Waals surface area contributed by atoms with E-state index in [0.717, 1.165) is 19.5 Å². The molecule has 1 aromatic rings. The molecule has 1 saturated heterocycles. The second-order valence-electron chi connectivity index (χ2n) is 5.37. The van der Waals surface area contributed by atoms with E-state index < -0.39 is 9.84 Å². The summed E-state index contributed by atoms with van der Waals surface area (Å²) in [6.45, 7) is 3.24. The maximum absolute atomic E-state index is 11.6. The van der Waals surface area contributed by atoms with E-state index in [1.165, 1.54) is 11.1 Å². The molecule has 0 amide bonds. The van der Waals surface area contributed by atoms with E-state index in [2.05, 4.69) is 34.5 Å². The highest BCUT2D eigenvalue weighted by Crippen LogP contribution is 2.30. The average molecular weight is 280 g/mol. The Morgan fingerprint density at radius 3 is 2.68 bits per heavy atom. The summed E-state index contributed by atoms with van der Waals surface area (Å²) in [4.78, 5) is 2.34. The van der Waals surface area contributed by atoms with Gasteiger partial charge in [0.15, 0.2) is 9.84 Å². The van der Waals surface area contributed by atoms with Crippen LogP contribution in [0.25, 0.3) is 0 Å². The number of nitrogens with zero attached hydrogens (tertiary/aromatic N) is 1. The van der Waals surface area contributed by atoms with Crippen LogP contribution >= 0.6 is 0 Å². The lowest BCUT2D eigenvalue weighted by Crippen LogP contribution is -2.42. The van der Waals surface area contributed by atoms with Gasteiger partial charge >= 0.3 is 0 Å². The summed E-state index contributed by atoms with van der Waals surface area (Å²) in [5.41, 5.74) is 2.71. The van der Waals surface area contributed by atoms with Crippen molar-refractivity contribution in [2.24, 2.45) is 0 Å². The van der Waals surface area contributed by atoms with Crippen molar-refractivity contribution in [1.29, 1.82) is 0 Å². The number of benzene rings is 1. The third kappa shape index (κ3) is 2.83. The van der Waals surface area contributed by atoms with Crippen LogP contribution in [0.15, 0.2) is 24.3 Å². The summed E-state index contributed by atoms with van der Waals surface area (Å²) in [7, 11) is -2.80. The molecule has 1 N–H and O–H groups in total. The minimum absolute atomic E-state index is 0.305. The predicted molar refractivity (Wildman–Crippen MR) is 75.7 cm³/mol. The van der Waals surface area contributed by atoms with Crippen molar-refractivity contribution in [3.8, 4) is 0 Å². The fraction of sp³-hybridized carbons (Fsp3) is 0.571. The molecule has 1 unspecified atom stereocenters. The number of fused-ring (bicyclic) bond motifs is 1. The van der Waals surface area contributed by atoms with E-state index in [-0.39, 0.29) is 0 Å². The van der Waals surface area contributed by atoms with Crippen LogP contribution in [0.5, 0.6) is 0 Å². The molecule has 0 aromatic heterocycles. The Kier molecular flexibility index (Phi) is 3.60. The molecule has 104 valence electrons. The first-order chi connectivity index (χ1) is 9.16. The summed E-state index contributed by atoms with van der Waals surface area (Å²) in [6.07, 6.45) is 1.05. The summed E-state index contributed by atoms with van der Waals surface area (Å²) < 4.78 is 23.1. The maximum Gasteiger partial charge on any atom is 0.152 e. The third-order valence-electron chi connectivity index (χ3n) is 4.14. The van der Waals surface area contributed by atoms with Crippen molar-refractivity contribution in [2.75, 3.05) is 31.1 Å². The van der Waals surface area contributed by atoms with Gasteiger partial charge in [-0.3, -0.25) is 4.90 Å². The molecule has 2 aliphatic heterocycles. The van der Waals surface area contributed by atoms with Crippen LogP contribution in [-0.4, -0.2) is 44.5 Å². The van der Waals surface area contributed by atoms with Crippen LogP contribution in [0.3, 0.4) is 0 Å². The van der Waals surface area contributed by atoms with Crippen LogP contribution in [-0.2, 0) is 16.4 Å². The Morgan fingerprint density at radius 1 is 1.16 bits per heavy atom. The number of nitrogens with one attached hydrogen (secondary N) is 1. The van der Waals surface area contributed by atoms with E-state index in [1.54, 1.807) is 0 Å². The smallest absolute Gasteiger partial charge is 0.152 e. The monoisotopic (exact) mass is 280 g/mol. The molecule has 5 heteroatoms. The molecule has 0 aliphatic carbocycles. The third-order valence-corrected chi connectivity index (χ3v) is 5.75. The lowest BCUT2D eigenvalue weighted by atomic mass is 9.98. The maximum atomic E-state index is 11.6. The Balaban J connectivity index is 1.85. The van der Waals surface area contributed by atoms with E-state index in [9.17, 15) is 8.42 Å². The molecule has 3 rings (SSSR count). The molecule has 4 nitrogen and oxygen atoms in total. The van der Waals surface area contributed by atoms with Crippen molar-refractivity contribution in [3.05, 3.63) is 35.4 Å². The minimum Gasteiger partial charge on any atom is -0.313 e. The SMILES string of the molecule is O=S1(=O)CCN(C2CCNCc3ccccc32)CC1. The van der Waals surface area contributed by atoms with Crippen molar-refractivity contribution < 1.29 is 8.42 Å². The summed E-state index contributed by atoms with van der Waals surface area (Å²) in [5.74, 6) is 0.609. The van der Waals surface area contributed by atoms with Crippen LogP contribution in [0.2, 0.25) is 0 Å². The van der Waals surface area contributed by atoms with E-state index >= 15 is 0 Å². The van der Waals surface area contributed by atoms with Gasteiger partial charge in [-0.1, -0.05) is 24.3 Å². The largest absolute Gasteiger partial charge is 0.313 e.